The Balaban J connectivity index is 2.02. The van der Waals surface area contributed by atoms with E-state index in [1.54, 1.807) is 13.3 Å². The number of likely N-dealkylation sites (tertiary alicyclic amines) is 1. The lowest BCUT2D eigenvalue weighted by Gasteiger charge is -2.39. The first-order valence-corrected chi connectivity index (χ1v) is 6.46. The largest absolute Gasteiger partial charge is 0.481 e. The lowest BCUT2D eigenvalue weighted by atomic mass is 9.77. The van der Waals surface area contributed by atoms with Crippen LogP contribution in [0.1, 0.15) is 25.0 Å². The predicted molar refractivity (Wildman–Crippen MR) is 67.5 cm³/mol. The van der Waals surface area contributed by atoms with Crippen molar-refractivity contribution in [3.05, 3.63) is 11.9 Å². The van der Waals surface area contributed by atoms with Gasteiger partial charge in [0, 0.05) is 26.8 Å². The van der Waals surface area contributed by atoms with Crippen molar-refractivity contribution in [3.8, 4) is 0 Å². The first kappa shape index (κ1) is 14.0. The molecule has 0 spiro atoms. The SMILES string of the molecule is COCC[C@@]1(C(=O)O)CCCN(Cc2cn[nH]n2)C1. The van der Waals surface area contributed by atoms with Gasteiger partial charge in [-0.15, -0.1) is 0 Å². The Kier molecular flexibility index (Phi) is 4.49. The highest BCUT2D eigenvalue weighted by Gasteiger charge is 2.42. The number of hydrogen-bond donors (Lipinski definition) is 2. The van der Waals surface area contributed by atoms with Gasteiger partial charge in [-0.3, -0.25) is 9.69 Å². The Morgan fingerprint density at radius 3 is 3.16 bits per heavy atom. The molecule has 106 valence electrons. The number of aliphatic carboxylic acids is 1. The molecule has 1 aromatic rings. The Labute approximate surface area is 111 Å². The molecular formula is C12H20N4O3. The lowest BCUT2D eigenvalue weighted by Crippen LogP contribution is -2.48. The van der Waals surface area contributed by atoms with Crippen molar-refractivity contribution in [2.24, 2.45) is 5.41 Å². The number of hydrogen-bond acceptors (Lipinski definition) is 5. The van der Waals surface area contributed by atoms with E-state index in [2.05, 4.69) is 20.3 Å². The molecule has 1 fully saturated rings. The van der Waals surface area contributed by atoms with Crippen molar-refractivity contribution in [1.82, 2.24) is 20.3 Å². The zero-order valence-electron chi connectivity index (χ0n) is 11.1. The van der Waals surface area contributed by atoms with E-state index in [4.69, 9.17) is 4.74 Å². The van der Waals surface area contributed by atoms with Crippen molar-refractivity contribution in [1.29, 1.82) is 0 Å². The molecule has 0 amide bonds. The molecule has 0 saturated carbocycles. The summed E-state index contributed by atoms with van der Waals surface area (Å²) in [6.45, 7) is 2.55. The van der Waals surface area contributed by atoms with Crippen molar-refractivity contribution in [2.45, 2.75) is 25.8 Å². The maximum absolute atomic E-state index is 11.6. The minimum atomic E-state index is -0.727. The molecule has 1 aliphatic heterocycles. The maximum Gasteiger partial charge on any atom is 0.311 e. The normalized spacial score (nSPS) is 24.5. The number of H-pyrrole nitrogens is 1. The second-order valence-corrected chi connectivity index (χ2v) is 5.10. The molecule has 1 aliphatic rings. The fourth-order valence-corrected chi connectivity index (χ4v) is 2.68. The summed E-state index contributed by atoms with van der Waals surface area (Å²) in [7, 11) is 1.60. The molecule has 19 heavy (non-hydrogen) atoms. The first-order valence-electron chi connectivity index (χ1n) is 6.46. The fourth-order valence-electron chi connectivity index (χ4n) is 2.68. The van der Waals surface area contributed by atoms with E-state index in [0.29, 0.717) is 32.5 Å². The van der Waals surface area contributed by atoms with Gasteiger partial charge in [0.1, 0.15) is 0 Å². The van der Waals surface area contributed by atoms with E-state index in [1.807, 2.05) is 0 Å². The van der Waals surface area contributed by atoms with Crippen LogP contribution in [0.3, 0.4) is 0 Å². The highest BCUT2D eigenvalue weighted by atomic mass is 16.5. The van der Waals surface area contributed by atoms with Crippen LogP contribution >= 0.6 is 0 Å². The second kappa shape index (κ2) is 6.12. The highest BCUT2D eigenvalue weighted by Crippen LogP contribution is 2.34. The van der Waals surface area contributed by atoms with Crippen LogP contribution in [-0.2, 0) is 16.1 Å². The highest BCUT2D eigenvalue weighted by molar-refractivity contribution is 5.75. The summed E-state index contributed by atoms with van der Waals surface area (Å²) in [5.74, 6) is -0.727. The summed E-state index contributed by atoms with van der Waals surface area (Å²) in [5, 5.41) is 19.9. The summed E-state index contributed by atoms with van der Waals surface area (Å²) in [5.41, 5.74) is 0.144. The molecule has 0 bridgehead atoms. The van der Waals surface area contributed by atoms with Crippen molar-refractivity contribution >= 4 is 5.97 Å². The van der Waals surface area contributed by atoms with Gasteiger partial charge in [-0.05, 0) is 25.8 Å². The third-order valence-electron chi connectivity index (χ3n) is 3.74. The average molecular weight is 268 g/mol. The van der Waals surface area contributed by atoms with Crippen LogP contribution in [-0.4, -0.2) is 58.2 Å². The number of rotatable bonds is 6. The smallest absolute Gasteiger partial charge is 0.311 e. The summed E-state index contributed by atoms with van der Waals surface area (Å²) < 4.78 is 5.05. The number of methoxy groups -OCH3 is 1. The maximum atomic E-state index is 11.6. The van der Waals surface area contributed by atoms with Crippen molar-refractivity contribution < 1.29 is 14.6 Å². The quantitative estimate of drug-likeness (QED) is 0.781. The van der Waals surface area contributed by atoms with E-state index in [9.17, 15) is 9.90 Å². The van der Waals surface area contributed by atoms with Gasteiger partial charge in [-0.1, -0.05) is 0 Å². The standard InChI is InChI=1S/C12H20N4O3/c1-19-6-4-12(11(17)18)3-2-5-16(9-12)8-10-7-13-15-14-10/h7H,2-6,8-9H2,1H3,(H,17,18)(H,13,14,15)/t12-/m0/s1. The topological polar surface area (TPSA) is 91.3 Å². The summed E-state index contributed by atoms with van der Waals surface area (Å²) in [4.78, 5) is 13.7. The number of carboxylic acid groups (broad SMARTS) is 1. The van der Waals surface area contributed by atoms with Crippen molar-refractivity contribution in [2.75, 3.05) is 26.8 Å². The van der Waals surface area contributed by atoms with E-state index < -0.39 is 11.4 Å². The number of carbonyl (C=O) groups is 1. The summed E-state index contributed by atoms with van der Waals surface area (Å²) >= 11 is 0. The molecule has 1 atom stereocenters. The third-order valence-corrected chi connectivity index (χ3v) is 3.74. The average Bonchev–Trinajstić information content (AvgIpc) is 2.89. The Morgan fingerprint density at radius 2 is 2.53 bits per heavy atom. The zero-order valence-corrected chi connectivity index (χ0v) is 11.1. The van der Waals surface area contributed by atoms with Gasteiger partial charge >= 0.3 is 5.97 Å². The number of nitrogens with zero attached hydrogens (tertiary/aromatic N) is 3. The van der Waals surface area contributed by atoms with E-state index >= 15 is 0 Å². The van der Waals surface area contributed by atoms with Gasteiger partial charge < -0.3 is 9.84 Å². The van der Waals surface area contributed by atoms with Crippen LogP contribution in [0.5, 0.6) is 0 Å². The zero-order chi connectivity index (χ0) is 13.7. The van der Waals surface area contributed by atoms with Crippen LogP contribution in [0.2, 0.25) is 0 Å². The number of nitrogens with one attached hydrogen (secondary N) is 1. The van der Waals surface area contributed by atoms with Gasteiger partial charge in [0.15, 0.2) is 0 Å². The van der Waals surface area contributed by atoms with Gasteiger partial charge in [-0.25, -0.2) is 0 Å². The first-order chi connectivity index (χ1) is 9.16. The van der Waals surface area contributed by atoms with Gasteiger partial charge in [0.2, 0.25) is 0 Å². The molecule has 0 aliphatic carbocycles. The second-order valence-electron chi connectivity index (χ2n) is 5.10. The molecular weight excluding hydrogens is 248 g/mol. The van der Waals surface area contributed by atoms with Crippen LogP contribution in [0.25, 0.3) is 0 Å². The summed E-state index contributed by atoms with van der Waals surface area (Å²) in [6.07, 6.45) is 3.81. The molecule has 1 saturated heterocycles. The summed E-state index contributed by atoms with van der Waals surface area (Å²) in [6, 6.07) is 0. The number of aromatic amines is 1. The van der Waals surface area contributed by atoms with Crippen LogP contribution in [0, 0.1) is 5.41 Å². The molecule has 1 aromatic heterocycles. The van der Waals surface area contributed by atoms with Crippen LogP contribution < -0.4 is 0 Å². The van der Waals surface area contributed by atoms with Gasteiger partial charge in [-0.2, -0.15) is 15.4 Å². The molecule has 7 heteroatoms. The number of aromatic nitrogens is 3. The predicted octanol–water partition coefficient (Wildman–Crippen LogP) is 0.508. The molecule has 2 rings (SSSR count). The molecule has 0 radical (unpaired) electrons. The number of carboxylic acids is 1. The van der Waals surface area contributed by atoms with E-state index in [0.717, 1.165) is 18.7 Å². The van der Waals surface area contributed by atoms with E-state index in [-0.39, 0.29) is 0 Å². The molecule has 0 aromatic carbocycles. The minimum absolute atomic E-state index is 0.476. The Bertz CT molecular complexity index is 409. The minimum Gasteiger partial charge on any atom is -0.481 e. The molecule has 0 unspecified atom stereocenters. The van der Waals surface area contributed by atoms with Crippen molar-refractivity contribution in [3.63, 3.8) is 0 Å². The van der Waals surface area contributed by atoms with E-state index in [1.165, 1.54) is 0 Å². The Morgan fingerprint density at radius 1 is 1.68 bits per heavy atom. The Hall–Kier alpha value is -1.47. The third kappa shape index (κ3) is 3.30. The molecule has 7 nitrogen and oxygen atoms in total. The molecule has 2 N–H and O–H groups in total. The monoisotopic (exact) mass is 268 g/mol. The van der Waals surface area contributed by atoms with Crippen LogP contribution in [0.4, 0.5) is 0 Å². The van der Waals surface area contributed by atoms with Gasteiger partial charge in [0.25, 0.3) is 0 Å². The number of piperidine rings is 1. The fraction of sp³-hybridized carbons (Fsp3) is 0.750. The lowest BCUT2D eigenvalue weighted by molar-refractivity contribution is -0.154. The number of ether oxygens (including phenoxy) is 1. The van der Waals surface area contributed by atoms with Crippen LogP contribution in [0.15, 0.2) is 6.20 Å². The van der Waals surface area contributed by atoms with Gasteiger partial charge in [0.05, 0.1) is 17.3 Å². The molecule has 2 heterocycles.